The van der Waals surface area contributed by atoms with Gasteiger partial charge in [-0.25, -0.2) is 0 Å². The highest BCUT2D eigenvalue weighted by Crippen LogP contribution is 2.13. The van der Waals surface area contributed by atoms with Crippen molar-refractivity contribution in [3.8, 4) is 11.4 Å². The Hall–Kier alpha value is -2.02. The lowest BCUT2D eigenvalue weighted by atomic mass is 10.1. The number of aromatic amines is 1. The van der Waals surface area contributed by atoms with Crippen molar-refractivity contribution in [2.24, 2.45) is 0 Å². The molecule has 0 unspecified atom stereocenters. The van der Waals surface area contributed by atoms with E-state index in [1.807, 2.05) is 0 Å². The second-order valence-corrected chi connectivity index (χ2v) is 4.63. The minimum Gasteiger partial charge on any atom is -0.347 e. The van der Waals surface area contributed by atoms with Crippen LogP contribution in [0.1, 0.15) is 10.4 Å². The molecule has 0 saturated carbocycles. The minimum atomic E-state index is -0.157. The van der Waals surface area contributed by atoms with Crippen molar-refractivity contribution < 1.29 is 4.79 Å². The van der Waals surface area contributed by atoms with Crippen molar-refractivity contribution in [2.75, 3.05) is 6.54 Å². The van der Waals surface area contributed by atoms with Gasteiger partial charge in [-0.3, -0.25) is 4.79 Å². The molecular formula is C11H10BrN5O. The summed E-state index contributed by atoms with van der Waals surface area (Å²) in [4.78, 5) is 11.7. The first kappa shape index (κ1) is 12.4. The fourth-order valence-corrected chi connectivity index (χ4v) is 1.47. The van der Waals surface area contributed by atoms with Crippen molar-refractivity contribution in [1.82, 2.24) is 25.9 Å². The Balaban J connectivity index is 2.08. The lowest BCUT2D eigenvalue weighted by Crippen LogP contribution is -2.24. The van der Waals surface area contributed by atoms with Crippen LogP contribution in [0, 0.1) is 0 Å². The number of H-pyrrole nitrogens is 1. The number of hydrogen-bond donors (Lipinski definition) is 2. The summed E-state index contributed by atoms with van der Waals surface area (Å²) in [5.41, 5.74) is 1.36. The van der Waals surface area contributed by atoms with E-state index in [-0.39, 0.29) is 5.91 Å². The van der Waals surface area contributed by atoms with Crippen LogP contribution in [0.3, 0.4) is 0 Å². The van der Waals surface area contributed by atoms with Crippen LogP contribution >= 0.6 is 15.9 Å². The summed E-state index contributed by atoms with van der Waals surface area (Å²) in [7, 11) is 0. The van der Waals surface area contributed by atoms with Crippen LogP contribution in [0.2, 0.25) is 0 Å². The molecule has 0 spiro atoms. The number of hydrogen-bond acceptors (Lipinski definition) is 4. The fourth-order valence-electron chi connectivity index (χ4n) is 1.33. The number of halogens is 1. The van der Waals surface area contributed by atoms with E-state index < -0.39 is 0 Å². The number of carbonyl (C=O) groups excluding carboxylic acids is 1. The number of aromatic nitrogens is 4. The molecular weight excluding hydrogens is 298 g/mol. The number of benzene rings is 1. The van der Waals surface area contributed by atoms with Crippen LogP contribution in [0.15, 0.2) is 35.3 Å². The van der Waals surface area contributed by atoms with Crippen molar-refractivity contribution in [3.05, 3.63) is 40.9 Å². The Bertz CT molecular complexity index is 549. The van der Waals surface area contributed by atoms with Gasteiger partial charge in [0.25, 0.3) is 5.91 Å². The van der Waals surface area contributed by atoms with Crippen LogP contribution in [0.25, 0.3) is 11.4 Å². The molecule has 1 aromatic heterocycles. The van der Waals surface area contributed by atoms with Gasteiger partial charge >= 0.3 is 0 Å². The maximum Gasteiger partial charge on any atom is 0.251 e. The average molecular weight is 308 g/mol. The zero-order valence-electron chi connectivity index (χ0n) is 9.35. The Morgan fingerprint density at radius 3 is 2.67 bits per heavy atom. The summed E-state index contributed by atoms with van der Waals surface area (Å²) in [6.07, 6.45) is 0. The number of carbonyl (C=O) groups is 1. The topological polar surface area (TPSA) is 83.6 Å². The number of nitrogens with one attached hydrogen (secondary N) is 2. The van der Waals surface area contributed by atoms with Gasteiger partial charge in [-0.15, -0.1) is 10.2 Å². The van der Waals surface area contributed by atoms with E-state index in [0.717, 1.165) is 10.0 Å². The summed E-state index contributed by atoms with van der Waals surface area (Å²) in [5.74, 6) is 0.339. The molecule has 0 aliphatic heterocycles. The van der Waals surface area contributed by atoms with E-state index in [9.17, 15) is 4.79 Å². The van der Waals surface area contributed by atoms with Crippen LogP contribution in [-0.2, 0) is 0 Å². The van der Waals surface area contributed by atoms with Crippen LogP contribution < -0.4 is 5.32 Å². The normalized spacial score (nSPS) is 10.1. The zero-order valence-corrected chi connectivity index (χ0v) is 10.9. The fraction of sp³-hybridized carbons (Fsp3) is 0.0909. The maximum absolute atomic E-state index is 11.7. The predicted molar refractivity (Wildman–Crippen MR) is 70.0 cm³/mol. The van der Waals surface area contributed by atoms with E-state index in [1.54, 1.807) is 24.3 Å². The molecule has 1 aromatic carbocycles. The molecule has 7 heteroatoms. The molecule has 6 nitrogen and oxygen atoms in total. The number of amides is 1. The summed E-state index contributed by atoms with van der Waals surface area (Å²) >= 11 is 3.18. The first-order chi connectivity index (χ1) is 8.66. The molecule has 1 amide bonds. The van der Waals surface area contributed by atoms with Gasteiger partial charge in [0.05, 0.1) is 0 Å². The highest BCUT2D eigenvalue weighted by Gasteiger charge is 2.07. The lowest BCUT2D eigenvalue weighted by molar-refractivity contribution is 0.0958. The minimum absolute atomic E-state index is 0.157. The third-order valence-corrected chi connectivity index (χ3v) is 2.47. The van der Waals surface area contributed by atoms with Crippen molar-refractivity contribution in [3.63, 3.8) is 0 Å². The van der Waals surface area contributed by atoms with Crippen LogP contribution in [0.4, 0.5) is 0 Å². The van der Waals surface area contributed by atoms with Gasteiger partial charge in [0.2, 0.25) is 5.82 Å². The van der Waals surface area contributed by atoms with E-state index in [1.165, 1.54) is 0 Å². The van der Waals surface area contributed by atoms with Gasteiger partial charge in [0.15, 0.2) is 0 Å². The summed E-state index contributed by atoms with van der Waals surface area (Å²) in [6, 6.07) is 6.95. The Kier molecular flexibility index (Phi) is 3.83. The van der Waals surface area contributed by atoms with Crippen LogP contribution in [0.5, 0.6) is 0 Å². The van der Waals surface area contributed by atoms with Gasteiger partial charge in [-0.05, 0) is 17.3 Å². The quantitative estimate of drug-likeness (QED) is 0.896. The molecule has 92 valence electrons. The molecule has 2 aromatic rings. The largest absolute Gasteiger partial charge is 0.347 e. The molecule has 0 saturated heterocycles. The zero-order chi connectivity index (χ0) is 13.0. The molecule has 0 aliphatic carbocycles. The highest BCUT2D eigenvalue weighted by atomic mass is 79.9. The predicted octanol–water partition coefficient (Wildman–Crippen LogP) is 1.51. The monoisotopic (exact) mass is 307 g/mol. The van der Waals surface area contributed by atoms with E-state index in [4.69, 9.17) is 0 Å². The van der Waals surface area contributed by atoms with E-state index in [2.05, 4.69) is 48.4 Å². The molecule has 0 bridgehead atoms. The average Bonchev–Trinajstić information content (AvgIpc) is 2.90. The van der Waals surface area contributed by atoms with E-state index in [0.29, 0.717) is 17.9 Å². The smallest absolute Gasteiger partial charge is 0.251 e. The Labute approximate surface area is 112 Å². The third-order valence-electron chi connectivity index (χ3n) is 2.19. The van der Waals surface area contributed by atoms with Gasteiger partial charge in [-0.1, -0.05) is 34.6 Å². The second-order valence-electron chi connectivity index (χ2n) is 3.51. The number of rotatable bonds is 4. The summed E-state index contributed by atoms with van der Waals surface area (Å²) in [6.45, 7) is 4.04. The second kappa shape index (κ2) is 5.54. The van der Waals surface area contributed by atoms with Gasteiger partial charge in [0.1, 0.15) is 0 Å². The first-order valence-corrected chi connectivity index (χ1v) is 5.91. The maximum atomic E-state index is 11.7. The van der Waals surface area contributed by atoms with Crippen molar-refractivity contribution >= 4 is 21.8 Å². The molecule has 18 heavy (non-hydrogen) atoms. The summed E-state index contributed by atoms with van der Waals surface area (Å²) < 4.78 is 0.722. The van der Waals surface area contributed by atoms with Gasteiger partial charge < -0.3 is 5.32 Å². The molecule has 2 N–H and O–H groups in total. The molecule has 0 fully saturated rings. The van der Waals surface area contributed by atoms with E-state index >= 15 is 0 Å². The lowest BCUT2D eigenvalue weighted by Gasteiger charge is -2.04. The van der Waals surface area contributed by atoms with Crippen LogP contribution in [-0.4, -0.2) is 33.1 Å². The third kappa shape index (κ3) is 3.01. The molecule has 0 radical (unpaired) electrons. The highest BCUT2D eigenvalue weighted by molar-refractivity contribution is 9.11. The Morgan fingerprint density at radius 2 is 2.11 bits per heavy atom. The molecule has 1 heterocycles. The molecule has 2 rings (SSSR count). The first-order valence-electron chi connectivity index (χ1n) is 5.12. The molecule has 0 aliphatic rings. The standard InChI is InChI=1S/C11H10BrN5O/c1-7(12)6-13-11(18)9-4-2-8(3-5-9)10-14-16-17-15-10/h2-5H,1,6H2,(H,13,18)(H,14,15,16,17). The number of nitrogens with zero attached hydrogens (tertiary/aromatic N) is 3. The van der Waals surface area contributed by atoms with Gasteiger partial charge in [-0.2, -0.15) is 5.21 Å². The Morgan fingerprint density at radius 1 is 1.39 bits per heavy atom. The van der Waals surface area contributed by atoms with Crippen molar-refractivity contribution in [1.29, 1.82) is 0 Å². The SMILES string of the molecule is C=C(Br)CNC(=O)c1ccc(-c2nn[nH]n2)cc1. The van der Waals surface area contributed by atoms with Gasteiger partial charge in [0, 0.05) is 22.2 Å². The molecule has 0 atom stereocenters. The van der Waals surface area contributed by atoms with Crippen molar-refractivity contribution in [2.45, 2.75) is 0 Å². The number of tetrazole rings is 1. The summed E-state index contributed by atoms with van der Waals surface area (Å²) in [5, 5.41) is 16.3.